The third-order valence-electron chi connectivity index (χ3n) is 5.27. The molecule has 7 nitrogen and oxygen atoms in total. The molecule has 1 saturated heterocycles. The second-order valence-electron chi connectivity index (χ2n) is 7.51. The molecule has 2 aromatic rings. The van der Waals surface area contributed by atoms with Crippen LogP contribution in [0.2, 0.25) is 0 Å². The number of hydrogen-bond donors (Lipinski definition) is 5. The van der Waals surface area contributed by atoms with Crippen LogP contribution < -0.4 is 4.74 Å². The lowest BCUT2D eigenvalue weighted by Gasteiger charge is -2.39. The number of aliphatic hydroxyl groups is 4. The van der Waals surface area contributed by atoms with Crippen molar-refractivity contribution in [3.63, 3.8) is 0 Å². The molecule has 1 aliphatic rings. The Morgan fingerprint density at radius 2 is 1.39 bits per heavy atom. The largest absolute Gasteiger partial charge is 0.508 e. The van der Waals surface area contributed by atoms with Gasteiger partial charge in [-0.1, -0.05) is 38.1 Å². The van der Waals surface area contributed by atoms with E-state index in [2.05, 4.69) is 13.8 Å². The van der Waals surface area contributed by atoms with Crippen LogP contribution in [0.1, 0.15) is 25.0 Å². The van der Waals surface area contributed by atoms with Gasteiger partial charge in [-0.25, -0.2) is 0 Å². The Bertz CT molecular complexity index is 770. The Balaban J connectivity index is 1.74. The maximum Gasteiger partial charge on any atom is 0.229 e. The van der Waals surface area contributed by atoms with Crippen LogP contribution in [0.25, 0.3) is 0 Å². The molecule has 7 heteroatoms. The minimum Gasteiger partial charge on any atom is -0.508 e. The van der Waals surface area contributed by atoms with Gasteiger partial charge in [-0.2, -0.15) is 0 Å². The van der Waals surface area contributed by atoms with Crippen LogP contribution in [0.4, 0.5) is 0 Å². The van der Waals surface area contributed by atoms with E-state index in [0.29, 0.717) is 5.75 Å². The highest BCUT2D eigenvalue weighted by molar-refractivity contribution is 5.41. The zero-order chi connectivity index (χ0) is 20.5. The Labute approximate surface area is 163 Å². The molecule has 0 radical (unpaired) electrons. The summed E-state index contributed by atoms with van der Waals surface area (Å²) in [6, 6.07) is 14.2. The van der Waals surface area contributed by atoms with E-state index in [1.165, 1.54) is 0 Å². The number of aliphatic hydroxyl groups excluding tert-OH is 4. The van der Waals surface area contributed by atoms with Crippen molar-refractivity contribution in [2.24, 2.45) is 0 Å². The van der Waals surface area contributed by atoms with E-state index < -0.39 is 37.3 Å². The summed E-state index contributed by atoms with van der Waals surface area (Å²) in [5.41, 5.74) is 1.74. The molecule has 0 amide bonds. The molecule has 1 fully saturated rings. The zero-order valence-corrected chi connectivity index (χ0v) is 15.8. The van der Waals surface area contributed by atoms with Crippen LogP contribution in [-0.2, 0) is 10.2 Å². The van der Waals surface area contributed by atoms with E-state index in [-0.39, 0.29) is 11.2 Å². The first-order valence-electron chi connectivity index (χ1n) is 9.11. The molecule has 0 bridgehead atoms. The molecule has 152 valence electrons. The molecule has 1 unspecified atom stereocenters. The standard InChI is InChI=1S/C21H26O7/c1-21(2,12-3-7-14(23)8-4-12)13-5-9-15(10-6-13)27-20-19(26)18(25)17(24)16(11-22)28-20/h3-10,16-20,22-26H,11H2,1-2H3/t16-,17-,18+,19-,20?/m1/s1. The number of phenols is 1. The van der Waals surface area contributed by atoms with Crippen molar-refractivity contribution in [3.05, 3.63) is 59.7 Å². The van der Waals surface area contributed by atoms with Gasteiger partial charge in [0.2, 0.25) is 6.29 Å². The predicted octanol–water partition coefficient (Wildman–Crippen LogP) is 0.897. The molecule has 2 aromatic carbocycles. The number of aromatic hydroxyl groups is 1. The highest BCUT2D eigenvalue weighted by Crippen LogP contribution is 2.33. The molecule has 1 heterocycles. The Hall–Kier alpha value is -2.16. The molecular formula is C21H26O7. The minimum atomic E-state index is -1.48. The fraction of sp³-hybridized carbons (Fsp3) is 0.429. The summed E-state index contributed by atoms with van der Waals surface area (Å²) in [4.78, 5) is 0. The fourth-order valence-electron chi connectivity index (χ4n) is 3.29. The van der Waals surface area contributed by atoms with E-state index in [1.54, 1.807) is 24.3 Å². The van der Waals surface area contributed by atoms with Gasteiger partial charge in [-0.3, -0.25) is 0 Å². The van der Waals surface area contributed by atoms with E-state index in [1.807, 2.05) is 24.3 Å². The summed E-state index contributed by atoms with van der Waals surface area (Å²) in [5, 5.41) is 48.5. The maximum absolute atomic E-state index is 10.1. The number of ether oxygens (including phenoxy) is 2. The lowest BCUT2D eigenvalue weighted by Crippen LogP contribution is -2.60. The average Bonchev–Trinajstić information content (AvgIpc) is 2.69. The van der Waals surface area contributed by atoms with Crippen LogP contribution >= 0.6 is 0 Å². The van der Waals surface area contributed by atoms with Gasteiger partial charge in [0.1, 0.15) is 35.9 Å². The van der Waals surface area contributed by atoms with Crippen molar-refractivity contribution < 1.29 is 35.0 Å². The summed E-state index contributed by atoms with van der Waals surface area (Å²) in [6.07, 6.45) is -6.59. The van der Waals surface area contributed by atoms with Gasteiger partial charge < -0.3 is 35.0 Å². The van der Waals surface area contributed by atoms with E-state index in [9.17, 15) is 25.5 Å². The van der Waals surface area contributed by atoms with Crippen molar-refractivity contribution in [3.8, 4) is 11.5 Å². The minimum absolute atomic E-state index is 0.211. The number of hydrogen-bond acceptors (Lipinski definition) is 7. The third kappa shape index (κ3) is 3.99. The topological polar surface area (TPSA) is 120 Å². The SMILES string of the molecule is CC(C)(c1ccc(O)cc1)c1ccc(OC2O[C@H](CO)[C@@H](O)[C@H](O)[C@H]2O)cc1. The van der Waals surface area contributed by atoms with Crippen LogP contribution in [0.5, 0.6) is 11.5 Å². The average molecular weight is 390 g/mol. The second kappa shape index (κ2) is 8.06. The van der Waals surface area contributed by atoms with Gasteiger partial charge in [-0.05, 0) is 35.4 Å². The molecule has 1 aliphatic heterocycles. The molecule has 5 atom stereocenters. The summed E-state index contributed by atoms with van der Waals surface area (Å²) >= 11 is 0. The molecular weight excluding hydrogens is 364 g/mol. The summed E-state index contributed by atoms with van der Waals surface area (Å²) in [6.45, 7) is 3.62. The zero-order valence-electron chi connectivity index (χ0n) is 15.8. The molecule has 3 rings (SSSR count). The number of rotatable bonds is 5. The van der Waals surface area contributed by atoms with Crippen molar-refractivity contribution in [2.45, 2.75) is 50.0 Å². The first kappa shape index (κ1) is 20.6. The molecule has 0 aliphatic carbocycles. The van der Waals surface area contributed by atoms with Crippen LogP contribution in [0, 0.1) is 0 Å². The number of phenolic OH excluding ortho intramolecular Hbond substituents is 1. The van der Waals surface area contributed by atoms with Gasteiger partial charge in [-0.15, -0.1) is 0 Å². The Morgan fingerprint density at radius 1 is 0.857 bits per heavy atom. The van der Waals surface area contributed by atoms with Crippen LogP contribution in [0.3, 0.4) is 0 Å². The molecule has 5 N–H and O–H groups in total. The maximum atomic E-state index is 10.1. The van der Waals surface area contributed by atoms with Gasteiger partial charge in [0.05, 0.1) is 6.61 Å². The Kier molecular flexibility index (Phi) is 5.92. The van der Waals surface area contributed by atoms with Gasteiger partial charge in [0.15, 0.2) is 0 Å². The Morgan fingerprint density at radius 3 is 1.93 bits per heavy atom. The van der Waals surface area contributed by atoms with Gasteiger partial charge in [0, 0.05) is 5.41 Å². The molecule has 0 spiro atoms. The van der Waals surface area contributed by atoms with Gasteiger partial charge >= 0.3 is 0 Å². The molecule has 0 aromatic heterocycles. The lowest BCUT2D eigenvalue weighted by molar-refractivity contribution is -0.277. The fourth-order valence-corrected chi connectivity index (χ4v) is 3.29. The first-order chi connectivity index (χ1) is 13.2. The summed E-state index contributed by atoms with van der Waals surface area (Å²) in [5.74, 6) is 0.623. The van der Waals surface area contributed by atoms with Crippen LogP contribution in [-0.4, -0.2) is 62.8 Å². The quantitative estimate of drug-likeness (QED) is 0.514. The van der Waals surface area contributed by atoms with E-state index in [4.69, 9.17) is 9.47 Å². The van der Waals surface area contributed by atoms with Crippen molar-refractivity contribution in [1.29, 1.82) is 0 Å². The van der Waals surface area contributed by atoms with Gasteiger partial charge in [0.25, 0.3) is 0 Å². The summed E-state index contributed by atoms with van der Waals surface area (Å²) in [7, 11) is 0. The van der Waals surface area contributed by atoms with Crippen molar-refractivity contribution >= 4 is 0 Å². The number of benzene rings is 2. The third-order valence-corrected chi connectivity index (χ3v) is 5.27. The van der Waals surface area contributed by atoms with Crippen molar-refractivity contribution in [1.82, 2.24) is 0 Å². The molecule has 0 saturated carbocycles. The monoisotopic (exact) mass is 390 g/mol. The second-order valence-corrected chi connectivity index (χ2v) is 7.51. The van der Waals surface area contributed by atoms with Crippen molar-refractivity contribution in [2.75, 3.05) is 6.61 Å². The predicted molar refractivity (Wildman–Crippen MR) is 101 cm³/mol. The van der Waals surface area contributed by atoms with E-state index >= 15 is 0 Å². The first-order valence-corrected chi connectivity index (χ1v) is 9.11. The van der Waals surface area contributed by atoms with E-state index in [0.717, 1.165) is 11.1 Å². The normalized spacial score (nSPS) is 28.1. The summed E-state index contributed by atoms with van der Waals surface area (Å²) < 4.78 is 11.0. The molecule has 28 heavy (non-hydrogen) atoms. The van der Waals surface area contributed by atoms with Crippen LogP contribution in [0.15, 0.2) is 48.5 Å². The smallest absolute Gasteiger partial charge is 0.229 e. The highest BCUT2D eigenvalue weighted by atomic mass is 16.7. The highest BCUT2D eigenvalue weighted by Gasteiger charge is 2.44. The lowest BCUT2D eigenvalue weighted by atomic mass is 9.78.